The number of hydrogen-bond donors (Lipinski definition) is 1. The van der Waals surface area contributed by atoms with Crippen molar-refractivity contribution in [2.24, 2.45) is 0 Å². The zero-order valence-electron chi connectivity index (χ0n) is 10.6. The predicted octanol–water partition coefficient (Wildman–Crippen LogP) is 2.88. The number of nitrogens with one attached hydrogen (secondary N) is 1. The van der Waals surface area contributed by atoms with Crippen LogP contribution >= 0.6 is 0 Å². The molecule has 94 valence electrons. The van der Waals surface area contributed by atoms with Crippen molar-refractivity contribution in [3.05, 3.63) is 41.5 Å². The van der Waals surface area contributed by atoms with Gasteiger partial charge < -0.3 is 5.32 Å². The zero-order valence-corrected chi connectivity index (χ0v) is 10.6. The maximum atomic E-state index is 11.5. The molecule has 1 aromatic carbocycles. The molecule has 1 amide bonds. The summed E-state index contributed by atoms with van der Waals surface area (Å²) in [6, 6.07) is 9.16. The summed E-state index contributed by atoms with van der Waals surface area (Å²) >= 11 is 0. The molecule has 0 fully saturated rings. The summed E-state index contributed by atoms with van der Waals surface area (Å²) < 4.78 is 0. The van der Waals surface area contributed by atoms with Crippen molar-refractivity contribution in [2.45, 2.75) is 26.2 Å². The van der Waals surface area contributed by atoms with Gasteiger partial charge in [-0.2, -0.15) is 5.26 Å². The molecule has 0 unspecified atom stereocenters. The van der Waals surface area contributed by atoms with Crippen LogP contribution in [0.4, 0.5) is 0 Å². The van der Waals surface area contributed by atoms with Crippen LogP contribution in [0.25, 0.3) is 6.08 Å². The van der Waals surface area contributed by atoms with Gasteiger partial charge in [-0.15, -0.1) is 0 Å². The molecule has 0 heterocycles. The van der Waals surface area contributed by atoms with E-state index >= 15 is 0 Å². The first kappa shape index (κ1) is 14.0. The lowest BCUT2D eigenvalue weighted by Gasteiger charge is -2.00. The van der Waals surface area contributed by atoms with E-state index in [4.69, 9.17) is 5.26 Å². The minimum Gasteiger partial charge on any atom is -0.353 e. The minimum absolute atomic E-state index is 0.0736. The fourth-order valence-electron chi connectivity index (χ4n) is 1.49. The monoisotopic (exact) mass is 242 g/mol. The Bertz CT molecular complexity index is 441. The van der Waals surface area contributed by atoms with E-state index in [0.29, 0.717) is 5.56 Å². The Kier molecular flexibility index (Phi) is 6.27. The SMILES string of the molecule is CCCCCNC(=O)C=Cc1ccc(C#N)cc1. The molecule has 3 nitrogen and oxygen atoms in total. The molecule has 1 aromatic rings. The van der Waals surface area contributed by atoms with Crippen LogP contribution in [0, 0.1) is 11.3 Å². The summed E-state index contributed by atoms with van der Waals surface area (Å²) in [5.41, 5.74) is 1.54. The fourth-order valence-corrected chi connectivity index (χ4v) is 1.49. The highest BCUT2D eigenvalue weighted by Gasteiger charge is 1.94. The number of unbranched alkanes of at least 4 members (excludes halogenated alkanes) is 2. The molecule has 0 radical (unpaired) electrons. The highest BCUT2D eigenvalue weighted by Crippen LogP contribution is 2.04. The van der Waals surface area contributed by atoms with Gasteiger partial charge in [0.2, 0.25) is 5.91 Å². The highest BCUT2D eigenvalue weighted by molar-refractivity contribution is 5.91. The summed E-state index contributed by atoms with van der Waals surface area (Å²) in [6.45, 7) is 2.86. The van der Waals surface area contributed by atoms with Crippen LogP contribution in [-0.2, 0) is 4.79 Å². The van der Waals surface area contributed by atoms with Crippen molar-refractivity contribution in [2.75, 3.05) is 6.54 Å². The molecule has 0 saturated heterocycles. The average Bonchev–Trinajstić information content (AvgIpc) is 2.42. The fraction of sp³-hybridized carbons (Fsp3) is 0.333. The third kappa shape index (κ3) is 5.31. The number of carbonyl (C=O) groups is 1. The topological polar surface area (TPSA) is 52.9 Å². The first-order valence-corrected chi connectivity index (χ1v) is 6.22. The van der Waals surface area contributed by atoms with Crippen molar-refractivity contribution in [3.63, 3.8) is 0 Å². The van der Waals surface area contributed by atoms with Gasteiger partial charge in [0.05, 0.1) is 11.6 Å². The zero-order chi connectivity index (χ0) is 13.2. The normalized spacial score (nSPS) is 10.2. The third-order valence-corrected chi connectivity index (χ3v) is 2.55. The molecule has 0 bridgehead atoms. The predicted molar refractivity (Wildman–Crippen MR) is 72.7 cm³/mol. The molecule has 1 N–H and O–H groups in total. The standard InChI is InChI=1S/C15H18N2O/c1-2-3-4-11-17-15(18)10-9-13-5-7-14(12-16)8-6-13/h5-10H,2-4,11H2,1H3,(H,17,18). The highest BCUT2D eigenvalue weighted by atomic mass is 16.1. The largest absolute Gasteiger partial charge is 0.353 e. The van der Waals surface area contributed by atoms with E-state index in [-0.39, 0.29) is 5.91 Å². The van der Waals surface area contributed by atoms with Crippen molar-refractivity contribution in [1.82, 2.24) is 5.32 Å². The molecule has 0 spiro atoms. The number of carbonyl (C=O) groups excluding carboxylic acids is 1. The van der Waals surface area contributed by atoms with Crippen LogP contribution in [0.15, 0.2) is 30.3 Å². The Morgan fingerprint density at radius 3 is 2.67 bits per heavy atom. The van der Waals surface area contributed by atoms with E-state index in [1.165, 1.54) is 6.08 Å². The number of amides is 1. The molecule has 0 aliphatic carbocycles. The first-order chi connectivity index (χ1) is 8.76. The van der Waals surface area contributed by atoms with Gasteiger partial charge in [0, 0.05) is 12.6 Å². The quantitative estimate of drug-likeness (QED) is 0.616. The van der Waals surface area contributed by atoms with Gasteiger partial charge in [0.25, 0.3) is 0 Å². The molecule has 0 aliphatic rings. The molecule has 0 aromatic heterocycles. The van der Waals surface area contributed by atoms with Gasteiger partial charge in [-0.25, -0.2) is 0 Å². The van der Waals surface area contributed by atoms with Gasteiger partial charge in [-0.05, 0) is 30.2 Å². The molecular formula is C15H18N2O. The lowest BCUT2D eigenvalue weighted by Crippen LogP contribution is -2.21. The Hall–Kier alpha value is -2.08. The Balaban J connectivity index is 2.38. The average molecular weight is 242 g/mol. The molecule has 0 aliphatic heterocycles. The summed E-state index contributed by atoms with van der Waals surface area (Å²) in [5.74, 6) is -0.0736. The van der Waals surface area contributed by atoms with Crippen molar-refractivity contribution in [3.8, 4) is 6.07 Å². The number of nitriles is 1. The summed E-state index contributed by atoms with van der Waals surface area (Å²) in [6.07, 6.45) is 6.58. The van der Waals surface area contributed by atoms with Gasteiger partial charge in [0.1, 0.15) is 0 Å². The van der Waals surface area contributed by atoms with E-state index in [1.807, 2.05) is 12.1 Å². The van der Waals surface area contributed by atoms with E-state index in [2.05, 4.69) is 18.3 Å². The van der Waals surface area contributed by atoms with E-state index in [1.54, 1.807) is 18.2 Å². The van der Waals surface area contributed by atoms with Gasteiger partial charge in [0.15, 0.2) is 0 Å². The number of hydrogen-bond acceptors (Lipinski definition) is 2. The first-order valence-electron chi connectivity index (χ1n) is 6.22. The molecule has 0 atom stereocenters. The van der Waals surface area contributed by atoms with Gasteiger partial charge >= 0.3 is 0 Å². The van der Waals surface area contributed by atoms with Crippen LogP contribution in [0.2, 0.25) is 0 Å². The third-order valence-electron chi connectivity index (χ3n) is 2.55. The number of rotatable bonds is 6. The molecule has 3 heteroatoms. The smallest absolute Gasteiger partial charge is 0.243 e. The summed E-state index contributed by atoms with van der Waals surface area (Å²) in [4.78, 5) is 11.5. The van der Waals surface area contributed by atoms with E-state index < -0.39 is 0 Å². The van der Waals surface area contributed by atoms with Crippen LogP contribution in [0.5, 0.6) is 0 Å². The van der Waals surface area contributed by atoms with E-state index in [0.717, 1.165) is 31.4 Å². The lowest BCUT2D eigenvalue weighted by atomic mass is 10.1. The summed E-state index contributed by atoms with van der Waals surface area (Å²) in [7, 11) is 0. The second-order valence-electron chi connectivity index (χ2n) is 4.07. The molecular weight excluding hydrogens is 224 g/mol. The van der Waals surface area contributed by atoms with Crippen LogP contribution in [-0.4, -0.2) is 12.5 Å². The molecule has 18 heavy (non-hydrogen) atoms. The molecule has 0 saturated carbocycles. The van der Waals surface area contributed by atoms with Crippen molar-refractivity contribution < 1.29 is 4.79 Å². The Morgan fingerprint density at radius 1 is 1.33 bits per heavy atom. The maximum absolute atomic E-state index is 11.5. The van der Waals surface area contributed by atoms with Crippen LogP contribution in [0.1, 0.15) is 37.3 Å². The Morgan fingerprint density at radius 2 is 2.06 bits per heavy atom. The summed E-state index contributed by atoms with van der Waals surface area (Å²) in [5, 5.41) is 11.5. The second kappa shape index (κ2) is 8.08. The van der Waals surface area contributed by atoms with Crippen LogP contribution < -0.4 is 5.32 Å². The van der Waals surface area contributed by atoms with Gasteiger partial charge in [-0.1, -0.05) is 31.9 Å². The number of nitrogens with zero attached hydrogens (tertiary/aromatic N) is 1. The molecule has 1 rings (SSSR count). The lowest BCUT2D eigenvalue weighted by molar-refractivity contribution is -0.116. The minimum atomic E-state index is -0.0736. The number of benzene rings is 1. The van der Waals surface area contributed by atoms with Gasteiger partial charge in [-0.3, -0.25) is 4.79 Å². The van der Waals surface area contributed by atoms with E-state index in [9.17, 15) is 4.79 Å². The second-order valence-corrected chi connectivity index (χ2v) is 4.07. The van der Waals surface area contributed by atoms with Crippen molar-refractivity contribution in [1.29, 1.82) is 5.26 Å². The maximum Gasteiger partial charge on any atom is 0.243 e. The Labute approximate surface area is 108 Å². The van der Waals surface area contributed by atoms with Crippen LogP contribution in [0.3, 0.4) is 0 Å². The van der Waals surface area contributed by atoms with Crippen molar-refractivity contribution >= 4 is 12.0 Å².